The minimum Gasteiger partial charge on any atom is -0.322 e. The van der Waals surface area contributed by atoms with Gasteiger partial charge in [-0.1, -0.05) is 26.0 Å². The summed E-state index contributed by atoms with van der Waals surface area (Å²) >= 11 is 0. The highest BCUT2D eigenvalue weighted by Crippen LogP contribution is 2.33. The maximum Gasteiger partial charge on any atom is 0.434 e. The van der Waals surface area contributed by atoms with Crippen molar-refractivity contribution in [2.45, 2.75) is 25.9 Å². The van der Waals surface area contributed by atoms with Gasteiger partial charge in [0, 0.05) is 11.8 Å². The van der Waals surface area contributed by atoms with E-state index in [0.29, 0.717) is 10.4 Å². The van der Waals surface area contributed by atoms with E-state index in [4.69, 9.17) is 0 Å². The quantitative estimate of drug-likeness (QED) is 0.713. The molecule has 0 aliphatic carbocycles. The molecule has 0 unspecified atom stereocenters. The van der Waals surface area contributed by atoms with E-state index in [-0.39, 0.29) is 11.7 Å². The Morgan fingerprint density at radius 2 is 1.82 bits per heavy atom. The van der Waals surface area contributed by atoms with E-state index in [1.807, 2.05) is 18.9 Å². The van der Waals surface area contributed by atoms with Crippen LogP contribution in [-0.2, 0) is 6.18 Å². The number of amides is 1. The molecule has 0 aliphatic heterocycles. The van der Waals surface area contributed by atoms with Crippen molar-refractivity contribution in [1.29, 1.82) is 0 Å². The van der Waals surface area contributed by atoms with Gasteiger partial charge in [-0.25, -0.2) is 9.78 Å². The summed E-state index contributed by atoms with van der Waals surface area (Å²) in [5, 5.41) is 11.6. The van der Waals surface area contributed by atoms with Crippen LogP contribution in [0.3, 0.4) is 0 Å². The molecule has 0 aliphatic rings. The number of nitrogens with zero attached hydrogens (tertiary/aromatic N) is 3. The molecule has 7 nitrogen and oxygen atoms in total. The number of carbonyl (C=O) groups excluding carboxylic acids is 1. The van der Waals surface area contributed by atoms with Crippen molar-refractivity contribution in [1.82, 2.24) is 20.0 Å². The van der Waals surface area contributed by atoms with Crippen LogP contribution in [0.1, 0.15) is 41.4 Å². The summed E-state index contributed by atoms with van der Waals surface area (Å²) in [5.41, 5.74) is -1.13. The summed E-state index contributed by atoms with van der Waals surface area (Å²) < 4.78 is 41.3. The Morgan fingerprint density at radius 3 is 2.36 bits per heavy atom. The Kier molecular flexibility index (Phi) is 5.04. The van der Waals surface area contributed by atoms with Crippen molar-refractivity contribution in [3.63, 3.8) is 0 Å². The van der Waals surface area contributed by atoms with Crippen molar-refractivity contribution in [3.8, 4) is 5.82 Å². The van der Waals surface area contributed by atoms with Gasteiger partial charge in [0.15, 0.2) is 11.5 Å². The Labute approximate surface area is 157 Å². The van der Waals surface area contributed by atoms with Crippen LogP contribution in [0, 0.1) is 0 Å². The molecule has 0 radical (unpaired) electrons. The van der Waals surface area contributed by atoms with E-state index < -0.39 is 28.9 Å². The third kappa shape index (κ3) is 3.95. The first-order valence-corrected chi connectivity index (χ1v) is 8.29. The number of anilines is 1. The normalized spacial score (nSPS) is 11.6. The number of aromatic nitrogens is 4. The van der Waals surface area contributed by atoms with Gasteiger partial charge in [0.1, 0.15) is 0 Å². The maximum atomic E-state index is 13.6. The van der Waals surface area contributed by atoms with Crippen molar-refractivity contribution >= 4 is 11.6 Å². The third-order valence-corrected chi connectivity index (χ3v) is 4.00. The molecule has 1 aromatic carbocycles. The zero-order chi connectivity index (χ0) is 20.5. The monoisotopic (exact) mass is 391 g/mol. The number of carbonyl (C=O) groups is 1. The number of benzene rings is 1. The van der Waals surface area contributed by atoms with Gasteiger partial charge in [-0.2, -0.15) is 23.4 Å². The van der Waals surface area contributed by atoms with Gasteiger partial charge < -0.3 is 5.32 Å². The highest BCUT2D eigenvalue weighted by Gasteiger charge is 2.41. The van der Waals surface area contributed by atoms with E-state index in [1.165, 1.54) is 0 Å². The number of hydrogen-bond acceptors (Lipinski definition) is 4. The molecular formula is C18H16F3N5O2. The summed E-state index contributed by atoms with van der Waals surface area (Å²) in [5.74, 6) is -0.947. The summed E-state index contributed by atoms with van der Waals surface area (Å²) in [6.45, 7) is 4.00. The number of hydrogen-bond donors (Lipinski definition) is 2. The summed E-state index contributed by atoms with van der Waals surface area (Å²) in [6, 6.07) is 8.91. The van der Waals surface area contributed by atoms with Crippen LogP contribution in [0.4, 0.5) is 18.9 Å². The van der Waals surface area contributed by atoms with Gasteiger partial charge in [-0.05, 0) is 29.7 Å². The van der Waals surface area contributed by atoms with E-state index in [1.54, 1.807) is 24.3 Å². The average Bonchev–Trinajstić information content (AvgIpc) is 3.08. The molecule has 0 atom stereocenters. The molecule has 0 saturated carbocycles. The van der Waals surface area contributed by atoms with Crippen molar-refractivity contribution < 1.29 is 18.0 Å². The second-order valence-corrected chi connectivity index (χ2v) is 6.33. The second kappa shape index (κ2) is 7.29. The van der Waals surface area contributed by atoms with Gasteiger partial charge >= 0.3 is 6.18 Å². The molecule has 3 aromatic rings. The van der Waals surface area contributed by atoms with Crippen LogP contribution in [0.25, 0.3) is 5.82 Å². The lowest BCUT2D eigenvalue weighted by Gasteiger charge is -2.12. The fraction of sp³-hybridized carbons (Fsp3) is 0.222. The summed E-state index contributed by atoms with van der Waals surface area (Å²) in [4.78, 5) is 23.5. The molecule has 0 fully saturated rings. The van der Waals surface area contributed by atoms with Gasteiger partial charge in [0.2, 0.25) is 0 Å². The Bertz CT molecular complexity index is 1030. The van der Waals surface area contributed by atoms with Crippen LogP contribution in [-0.4, -0.2) is 25.9 Å². The number of alkyl halides is 3. The molecule has 10 heteroatoms. The van der Waals surface area contributed by atoms with Crippen LogP contribution < -0.4 is 10.9 Å². The van der Waals surface area contributed by atoms with E-state index in [0.717, 1.165) is 23.9 Å². The summed E-state index contributed by atoms with van der Waals surface area (Å²) in [7, 11) is 0. The average molecular weight is 391 g/mol. The predicted octanol–water partition coefficient (Wildman–Crippen LogP) is 3.35. The highest BCUT2D eigenvalue weighted by atomic mass is 19.4. The Hall–Kier alpha value is -3.43. The first-order valence-electron chi connectivity index (χ1n) is 8.29. The fourth-order valence-electron chi connectivity index (χ4n) is 2.57. The molecule has 28 heavy (non-hydrogen) atoms. The lowest BCUT2D eigenvalue weighted by atomic mass is 10.0. The molecule has 2 aromatic heterocycles. The molecule has 146 valence electrons. The van der Waals surface area contributed by atoms with Crippen molar-refractivity contribution in [2.75, 3.05) is 5.32 Å². The summed E-state index contributed by atoms with van der Waals surface area (Å²) in [6.07, 6.45) is -4.06. The Balaban J connectivity index is 1.96. The minimum absolute atomic E-state index is 0.271. The zero-order valence-electron chi connectivity index (χ0n) is 14.9. The van der Waals surface area contributed by atoms with Crippen molar-refractivity contribution in [3.05, 3.63) is 69.8 Å². The number of rotatable bonds is 4. The fourth-order valence-corrected chi connectivity index (χ4v) is 2.57. The number of H-pyrrole nitrogens is 1. The van der Waals surface area contributed by atoms with E-state index in [2.05, 4.69) is 15.5 Å². The molecular weight excluding hydrogens is 375 g/mol. The molecule has 0 spiro atoms. The standard InChI is InChI=1S/C18H16F3N5O2/c1-10(2)11-3-5-12(6-4-11)23-17(28)13-9-22-26(16(13)18(19,20)21)14-7-8-15(27)25-24-14/h3-10H,1-2H3,(H,23,28)(H,25,27). The SMILES string of the molecule is CC(C)c1ccc(NC(=O)c2cnn(-c3ccc(=O)[nH]n3)c2C(F)(F)F)cc1. The molecule has 1 amide bonds. The first kappa shape index (κ1) is 19.3. The lowest BCUT2D eigenvalue weighted by molar-refractivity contribution is -0.143. The second-order valence-electron chi connectivity index (χ2n) is 6.33. The van der Waals surface area contributed by atoms with Crippen molar-refractivity contribution in [2.24, 2.45) is 0 Å². The van der Waals surface area contributed by atoms with Gasteiger partial charge in [0.05, 0.1) is 11.8 Å². The van der Waals surface area contributed by atoms with Gasteiger partial charge in [-0.15, -0.1) is 0 Å². The molecule has 2 N–H and O–H groups in total. The van der Waals surface area contributed by atoms with Crippen LogP contribution in [0.5, 0.6) is 0 Å². The zero-order valence-corrected chi connectivity index (χ0v) is 14.9. The largest absolute Gasteiger partial charge is 0.434 e. The Morgan fingerprint density at radius 1 is 1.14 bits per heavy atom. The lowest BCUT2D eigenvalue weighted by Crippen LogP contribution is -2.21. The van der Waals surface area contributed by atoms with Gasteiger partial charge in [-0.3, -0.25) is 9.59 Å². The van der Waals surface area contributed by atoms with E-state index in [9.17, 15) is 22.8 Å². The number of aromatic amines is 1. The van der Waals surface area contributed by atoms with Crippen LogP contribution in [0.15, 0.2) is 47.4 Å². The topological polar surface area (TPSA) is 92.7 Å². The minimum atomic E-state index is -4.87. The number of halogens is 3. The van der Waals surface area contributed by atoms with Crippen LogP contribution in [0.2, 0.25) is 0 Å². The molecule has 3 rings (SSSR count). The first-order chi connectivity index (χ1) is 13.2. The van der Waals surface area contributed by atoms with Crippen LogP contribution >= 0.6 is 0 Å². The number of nitrogens with one attached hydrogen (secondary N) is 2. The van der Waals surface area contributed by atoms with Gasteiger partial charge in [0.25, 0.3) is 11.5 Å². The van der Waals surface area contributed by atoms with E-state index >= 15 is 0 Å². The highest BCUT2D eigenvalue weighted by molar-refractivity contribution is 6.05. The molecule has 2 heterocycles. The maximum absolute atomic E-state index is 13.6. The predicted molar refractivity (Wildman–Crippen MR) is 95.5 cm³/mol. The smallest absolute Gasteiger partial charge is 0.322 e. The molecule has 0 bridgehead atoms. The third-order valence-electron chi connectivity index (χ3n) is 4.00. The molecule has 0 saturated heterocycles.